The summed E-state index contributed by atoms with van der Waals surface area (Å²) in [6, 6.07) is 15.6. The van der Waals surface area contributed by atoms with Gasteiger partial charge in [-0.1, -0.05) is 35.5 Å². The van der Waals surface area contributed by atoms with Crippen molar-refractivity contribution in [2.24, 2.45) is 5.92 Å². The first kappa shape index (κ1) is 15.4. The highest BCUT2D eigenvalue weighted by Crippen LogP contribution is 2.52. The van der Waals surface area contributed by atoms with E-state index >= 15 is 0 Å². The molecule has 23 heavy (non-hydrogen) atoms. The molecule has 2 aliphatic rings. The number of hydrogen-bond donors (Lipinski definition) is 0. The third-order valence-corrected chi connectivity index (χ3v) is 6.20. The topological polar surface area (TPSA) is 6.48 Å². The minimum Gasteiger partial charge on any atom is -0.336 e. The van der Waals surface area contributed by atoms with Gasteiger partial charge in [-0.25, -0.2) is 0 Å². The van der Waals surface area contributed by atoms with Gasteiger partial charge in [0.25, 0.3) is 0 Å². The van der Waals surface area contributed by atoms with E-state index in [-0.39, 0.29) is 0 Å². The predicted octanol–water partition coefficient (Wildman–Crippen LogP) is 5.28. The summed E-state index contributed by atoms with van der Waals surface area (Å²) >= 11 is 8.16. The molecule has 1 fully saturated rings. The first-order valence-corrected chi connectivity index (χ1v) is 9.33. The molecule has 2 aromatic carbocycles. The summed E-state index contributed by atoms with van der Waals surface area (Å²) in [6.45, 7) is 1.15. The average molecular weight is 345 g/mol. The van der Waals surface area contributed by atoms with Gasteiger partial charge in [0.1, 0.15) is 0 Å². The Morgan fingerprint density at radius 1 is 1.09 bits per heavy atom. The summed E-state index contributed by atoms with van der Waals surface area (Å²) in [4.78, 5) is 7.51. The van der Waals surface area contributed by atoms with Gasteiger partial charge in [-0.05, 0) is 63.2 Å². The van der Waals surface area contributed by atoms with Crippen molar-refractivity contribution in [3.8, 4) is 0 Å². The quantitative estimate of drug-likeness (QED) is 0.747. The Bertz CT molecular complexity index is 731. The van der Waals surface area contributed by atoms with E-state index in [4.69, 9.17) is 11.6 Å². The van der Waals surface area contributed by atoms with Crippen LogP contribution in [0.3, 0.4) is 0 Å². The summed E-state index contributed by atoms with van der Waals surface area (Å²) < 4.78 is 0. The Morgan fingerprint density at radius 2 is 1.87 bits per heavy atom. The zero-order chi connectivity index (χ0) is 16.0. The average Bonchev–Trinajstić information content (AvgIpc) is 2.52. The third kappa shape index (κ3) is 2.75. The number of rotatable bonds is 3. The third-order valence-electron chi connectivity index (χ3n) is 4.83. The molecule has 1 aliphatic carbocycles. The molecule has 120 valence electrons. The molecule has 0 radical (unpaired) electrons. The molecule has 4 heteroatoms. The SMILES string of the molecule is CN(C)C[C@@H]1CC[C@H]1N1c2ccccc2Sc2ccc(Cl)cc21. The van der Waals surface area contributed by atoms with E-state index in [9.17, 15) is 0 Å². The van der Waals surface area contributed by atoms with Gasteiger partial charge in [-0.15, -0.1) is 0 Å². The molecule has 2 atom stereocenters. The Morgan fingerprint density at radius 3 is 2.61 bits per heavy atom. The molecule has 0 amide bonds. The summed E-state index contributed by atoms with van der Waals surface area (Å²) in [5.74, 6) is 0.716. The molecule has 2 nitrogen and oxygen atoms in total. The summed E-state index contributed by atoms with van der Waals surface area (Å²) in [7, 11) is 4.33. The van der Waals surface area contributed by atoms with Crippen LogP contribution < -0.4 is 4.90 Å². The highest BCUT2D eigenvalue weighted by atomic mass is 35.5. The number of hydrogen-bond acceptors (Lipinski definition) is 3. The molecule has 0 bridgehead atoms. The van der Waals surface area contributed by atoms with Crippen LogP contribution in [0.1, 0.15) is 12.8 Å². The molecule has 1 saturated carbocycles. The fraction of sp³-hybridized carbons (Fsp3) is 0.368. The molecule has 2 aromatic rings. The van der Waals surface area contributed by atoms with Crippen molar-refractivity contribution in [3.63, 3.8) is 0 Å². The van der Waals surface area contributed by atoms with E-state index in [0.717, 1.165) is 11.6 Å². The lowest BCUT2D eigenvalue weighted by molar-refractivity contribution is 0.192. The van der Waals surface area contributed by atoms with Crippen LogP contribution in [0.4, 0.5) is 11.4 Å². The summed E-state index contributed by atoms with van der Waals surface area (Å²) in [5, 5.41) is 0.817. The second-order valence-corrected chi connectivity index (χ2v) is 8.24. The van der Waals surface area contributed by atoms with Crippen LogP contribution in [0.2, 0.25) is 5.02 Å². The highest BCUT2D eigenvalue weighted by molar-refractivity contribution is 7.99. The molecule has 4 rings (SSSR count). The number of halogens is 1. The molecule has 1 aliphatic heterocycles. The standard InChI is InChI=1S/C19H21ClN2S/c1-21(2)12-13-7-9-15(13)22-16-5-3-4-6-18(16)23-19-10-8-14(20)11-17(19)22/h3-6,8,10-11,13,15H,7,9,12H2,1-2H3/t13-,15+/m0/s1. The Kier molecular flexibility index (Phi) is 4.04. The van der Waals surface area contributed by atoms with Crippen LogP contribution in [0.15, 0.2) is 52.3 Å². The number of nitrogens with zero attached hydrogens (tertiary/aromatic N) is 2. The van der Waals surface area contributed by atoms with Gasteiger partial charge in [-0.3, -0.25) is 0 Å². The lowest BCUT2D eigenvalue weighted by atomic mass is 9.77. The zero-order valence-electron chi connectivity index (χ0n) is 13.5. The normalized spacial score (nSPS) is 22.5. The Balaban J connectivity index is 1.77. The van der Waals surface area contributed by atoms with Gasteiger partial charge < -0.3 is 9.80 Å². The minimum atomic E-state index is 0.566. The van der Waals surface area contributed by atoms with E-state index in [1.54, 1.807) is 0 Å². The molecule has 0 saturated heterocycles. The van der Waals surface area contributed by atoms with Crippen LogP contribution >= 0.6 is 23.4 Å². The van der Waals surface area contributed by atoms with Gasteiger partial charge in [0.2, 0.25) is 0 Å². The lowest BCUT2D eigenvalue weighted by Gasteiger charge is -2.48. The van der Waals surface area contributed by atoms with E-state index in [1.165, 1.54) is 34.0 Å². The van der Waals surface area contributed by atoms with E-state index < -0.39 is 0 Å². The minimum absolute atomic E-state index is 0.566. The first-order valence-electron chi connectivity index (χ1n) is 8.14. The van der Waals surface area contributed by atoms with Crippen molar-refractivity contribution in [2.45, 2.75) is 28.7 Å². The molecule has 1 heterocycles. The number of para-hydroxylation sites is 1. The largest absolute Gasteiger partial charge is 0.336 e. The van der Waals surface area contributed by atoms with Crippen LogP contribution in [-0.2, 0) is 0 Å². The van der Waals surface area contributed by atoms with E-state index in [2.05, 4.69) is 60.3 Å². The van der Waals surface area contributed by atoms with Crippen molar-refractivity contribution >= 4 is 34.7 Å². The van der Waals surface area contributed by atoms with Gasteiger partial charge in [0.05, 0.1) is 11.4 Å². The first-order chi connectivity index (χ1) is 11.1. The van der Waals surface area contributed by atoms with E-state index in [0.29, 0.717) is 12.0 Å². The van der Waals surface area contributed by atoms with Crippen molar-refractivity contribution in [1.29, 1.82) is 0 Å². The summed E-state index contributed by atoms with van der Waals surface area (Å²) in [6.07, 6.45) is 2.56. The number of benzene rings is 2. The van der Waals surface area contributed by atoms with Crippen molar-refractivity contribution in [2.75, 3.05) is 25.5 Å². The van der Waals surface area contributed by atoms with Crippen molar-refractivity contribution in [3.05, 3.63) is 47.5 Å². The van der Waals surface area contributed by atoms with Gasteiger partial charge in [0, 0.05) is 27.4 Å². The molecular weight excluding hydrogens is 324 g/mol. The Labute approximate surface area is 147 Å². The predicted molar refractivity (Wildman–Crippen MR) is 99.2 cm³/mol. The van der Waals surface area contributed by atoms with Gasteiger partial charge in [0.15, 0.2) is 0 Å². The second kappa shape index (κ2) is 6.04. The summed E-state index contributed by atoms with van der Waals surface area (Å²) in [5.41, 5.74) is 2.61. The fourth-order valence-corrected chi connectivity index (χ4v) is 4.91. The van der Waals surface area contributed by atoms with Gasteiger partial charge in [-0.2, -0.15) is 0 Å². The Hall–Kier alpha value is -1.16. The zero-order valence-corrected chi connectivity index (χ0v) is 15.1. The number of anilines is 2. The monoisotopic (exact) mass is 344 g/mol. The van der Waals surface area contributed by atoms with Crippen LogP contribution in [0.25, 0.3) is 0 Å². The van der Waals surface area contributed by atoms with Crippen molar-refractivity contribution < 1.29 is 0 Å². The lowest BCUT2D eigenvalue weighted by Crippen LogP contribution is -2.49. The van der Waals surface area contributed by atoms with Crippen LogP contribution in [0.5, 0.6) is 0 Å². The van der Waals surface area contributed by atoms with Crippen molar-refractivity contribution in [1.82, 2.24) is 4.90 Å². The maximum atomic E-state index is 6.31. The van der Waals surface area contributed by atoms with Crippen LogP contribution in [0, 0.1) is 5.92 Å². The smallest absolute Gasteiger partial charge is 0.0570 e. The maximum absolute atomic E-state index is 6.31. The molecule has 0 aromatic heterocycles. The van der Waals surface area contributed by atoms with Crippen LogP contribution in [-0.4, -0.2) is 31.6 Å². The molecule has 0 spiro atoms. The highest BCUT2D eigenvalue weighted by Gasteiger charge is 2.39. The maximum Gasteiger partial charge on any atom is 0.0570 e. The fourth-order valence-electron chi connectivity index (χ4n) is 3.69. The molecule has 0 unspecified atom stereocenters. The van der Waals surface area contributed by atoms with E-state index in [1.807, 2.05) is 17.8 Å². The molecular formula is C19H21ClN2S. The second-order valence-electron chi connectivity index (χ2n) is 6.72. The number of fused-ring (bicyclic) bond motifs is 2. The van der Waals surface area contributed by atoms with Gasteiger partial charge >= 0.3 is 0 Å². The molecule has 0 N–H and O–H groups in total.